The molecule has 0 saturated heterocycles. The predicted octanol–water partition coefficient (Wildman–Crippen LogP) is 3.69. The van der Waals surface area contributed by atoms with Crippen molar-refractivity contribution in [2.24, 2.45) is 5.10 Å². The molecule has 0 saturated carbocycles. The third-order valence-electron chi connectivity index (χ3n) is 3.49. The number of amides is 1. The van der Waals surface area contributed by atoms with Crippen molar-refractivity contribution in [1.82, 2.24) is 5.01 Å². The SMILES string of the molecule is CC(=O)N1Cc2cc(Cl)c(Cl)cc2C(c2ccc(N)cc2)=N1. The molecule has 1 heterocycles. The molecule has 1 amide bonds. The molecule has 1 aliphatic rings. The van der Waals surface area contributed by atoms with Gasteiger partial charge in [-0.05, 0) is 29.8 Å². The number of hydrogen-bond donors (Lipinski definition) is 1. The molecule has 3 rings (SSSR count). The summed E-state index contributed by atoms with van der Waals surface area (Å²) in [5.74, 6) is -0.135. The normalized spacial score (nSPS) is 13.6. The van der Waals surface area contributed by atoms with E-state index in [2.05, 4.69) is 5.10 Å². The van der Waals surface area contributed by atoms with Crippen LogP contribution in [0.3, 0.4) is 0 Å². The Morgan fingerprint density at radius 2 is 1.82 bits per heavy atom. The van der Waals surface area contributed by atoms with Crippen molar-refractivity contribution in [2.45, 2.75) is 13.5 Å². The van der Waals surface area contributed by atoms with Crippen molar-refractivity contribution in [3.63, 3.8) is 0 Å². The first-order valence-corrected chi connectivity index (χ1v) is 7.42. The fraction of sp³-hybridized carbons (Fsp3) is 0.125. The van der Waals surface area contributed by atoms with Crippen molar-refractivity contribution in [1.29, 1.82) is 0 Å². The second kappa shape index (κ2) is 5.63. The average Bonchev–Trinajstić information content (AvgIpc) is 2.48. The van der Waals surface area contributed by atoms with Gasteiger partial charge in [-0.15, -0.1) is 0 Å². The summed E-state index contributed by atoms with van der Waals surface area (Å²) in [6.07, 6.45) is 0. The van der Waals surface area contributed by atoms with Crippen LogP contribution in [-0.4, -0.2) is 16.6 Å². The van der Waals surface area contributed by atoms with Crippen molar-refractivity contribution in [3.05, 3.63) is 63.1 Å². The van der Waals surface area contributed by atoms with E-state index in [9.17, 15) is 4.79 Å². The lowest BCUT2D eigenvalue weighted by Gasteiger charge is -2.25. The first-order valence-electron chi connectivity index (χ1n) is 6.66. The molecule has 1 aliphatic heterocycles. The lowest BCUT2D eigenvalue weighted by Crippen LogP contribution is -2.30. The smallest absolute Gasteiger partial charge is 0.239 e. The van der Waals surface area contributed by atoms with Gasteiger partial charge in [-0.25, -0.2) is 5.01 Å². The maximum Gasteiger partial charge on any atom is 0.239 e. The lowest BCUT2D eigenvalue weighted by atomic mass is 9.96. The zero-order chi connectivity index (χ0) is 15.9. The second-order valence-electron chi connectivity index (χ2n) is 5.07. The second-order valence-corrected chi connectivity index (χ2v) is 5.89. The highest BCUT2D eigenvalue weighted by atomic mass is 35.5. The van der Waals surface area contributed by atoms with Gasteiger partial charge in [0.25, 0.3) is 0 Å². The maximum atomic E-state index is 11.7. The number of carbonyl (C=O) groups is 1. The number of rotatable bonds is 1. The zero-order valence-electron chi connectivity index (χ0n) is 11.8. The van der Waals surface area contributed by atoms with Gasteiger partial charge < -0.3 is 5.73 Å². The molecule has 0 unspecified atom stereocenters. The molecule has 2 aromatic carbocycles. The van der Waals surface area contributed by atoms with E-state index in [4.69, 9.17) is 28.9 Å². The van der Waals surface area contributed by atoms with Gasteiger partial charge in [0.05, 0.1) is 22.3 Å². The molecular weight excluding hydrogens is 321 g/mol. The summed E-state index contributed by atoms with van der Waals surface area (Å²) in [6.45, 7) is 1.85. The van der Waals surface area contributed by atoms with Crippen LogP contribution in [0.4, 0.5) is 5.69 Å². The molecule has 4 nitrogen and oxygen atoms in total. The minimum atomic E-state index is -0.135. The standard InChI is InChI=1S/C16H13Cl2N3O/c1-9(22)21-8-11-6-14(17)15(18)7-13(11)16(20-21)10-2-4-12(19)5-3-10/h2-7H,8,19H2,1H3. The van der Waals surface area contributed by atoms with Crippen LogP contribution < -0.4 is 5.73 Å². The Bertz CT molecular complexity index is 785. The summed E-state index contributed by atoms with van der Waals surface area (Å²) < 4.78 is 0. The van der Waals surface area contributed by atoms with Crippen LogP contribution in [0.5, 0.6) is 0 Å². The van der Waals surface area contributed by atoms with E-state index in [0.717, 1.165) is 16.7 Å². The number of nitrogens with zero attached hydrogens (tertiary/aromatic N) is 2. The number of anilines is 1. The Kier molecular flexibility index (Phi) is 3.81. The van der Waals surface area contributed by atoms with Crippen molar-refractivity contribution < 1.29 is 4.79 Å². The third-order valence-corrected chi connectivity index (χ3v) is 4.21. The Labute approximate surface area is 138 Å². The Morgan fingerprint density at radius 1 is 1.18 bits per heavy atom. The van der Waals surface area contributed by atoms with E-state index in [0.29, 0.717) is 28.0 Å². The van der Waals surface area contributed by atoms with Gasteiger partial charge in [-0.2, -0.15) is 5.10 Å². The third kappa shape index (κ3) is 2.67. The van der Waals surface area contributed by atoms with Crippen LogP contribution >= 0.6 is 23.2 Å². The van der Waals surface area contributed by atoms with Crippen molar-refractivity contribution >= 4 is 40.5 Å². The van der Waals surface area contributed by atoms with Gasteiger partial charge in [0.15, 0.2) is 0 Å². The molecule has 6 heteroatoms. The summed E-state index contributed by atoms with van der Waals surface area (Å²) >= 11 is 12.2. The van der Waals surface area contributed by atoms with Gasteiger partial charge in [0.1, 0.15) is 0 Å². The molecule has 0 aliphatic carbocycles. The van der Waals surface area contributed by atoms with Crippen LogP contribution in [0, 0.1) is 0 Å². The molecule has 0 spiro atoms. The lowest BCUT2D eigenvalue weighted by molar-refractivity contribution is -0.129. The fourth-order valence-electron chi connectivity index (χ4n) is 2.35. The number of fused-ring (bicyclic) bond motifs is 1. The van der Waals surface area contributed by atoms with Gasteiger partial charge >= 0.3 is 0 Å². The maximum absolute atomic E-state index is 11.7. The van der Waals surface area contributed by atoms with Crippen LogP contribution in [0.15, 0.2) is 41.5 Å². The Balaban J connectivity index is 2.19. The molecule has 112 valence electrons. The molecule has 22 heavy (non-hydrogen) atoms. The predicted molar refractivity (Wildman–Crippen MR) is 89.2 cm³/mol. The Morgan fingerprint density at radius 3 is 2.45 bits per heavy atom. The van der Waals surface area contributed by atoms with Crippen molar-refractivity contribution in [2.75, 3.05) is 5.73 Å². The zero-order valence-corrected chi connectivity index (χ0v) is 13.3. The monoisotopic (exact) mass is 333 g/mol. The van der Waals surface area contributed by atoms with Gasteiger partial charge in [-0.3, -0.25) is 4.79 Å². The summed E-state index contributed by atoms with van der Waals surface area (Å²) in [5, 5.41) is 6.78. The molecular formula is C16H13Cl2N3O. The fourth-order valence-corrected chi connectivity index (χ4v) is 2.70. The van der Waals surface area contributed by atoms with Gasteiger partial charge in [0.2, 0.25) is 5.91 Å². The molecule has 2 aromatic rings. The molecule has 0 aromatic heterocycles. The highest BCUT2D eigenvalue weighted by molar-refractivity contribution is 6.42. The van der Waals surface area contributed by atoms with Crippen molar-refractivity contribution in [3.8, 4) is 0 Å². The number of benzene rings is 2. The topological polar surface area (TPSA) is 58.7 Å². The molecule has 0 fully saturated rings. The van der Waals surface area contributed by atoms with E-state index in [1.807, 2.05) is 12.1 Å². The largest absolute Gasteiger partial charge is 0.399 e. The van der Waals surface area contributed by atoms with E-state index in [1.165, 1.54) is 11.9 Å². The number of nitrogens with two attached hydrogens (primary N) is 1. The van der Waals surface area contributed by atoms with E-state index in [-0.39, 0.29) is 5.91 Å². The van der Waals surface area contributed by atoms with Crippen LogP contribution in [0.1, 0.15) is 23.6 Å². The van der Waals surface area contributed by atoms with Gasteiger partial charge in [0, 0.05) is 23.7 Å². The highest BCUT2D eigenvalue weighted by Gasteiger charge is 2.23. The minimum Gasteiger partial charge on any atom is -0.399 e. The first kappa shape index (κ1) is 14.9. The molecule has 0 radical (unpaired) electrons. The minimum absolute atomic E-state index is 0.135. The summed E-state index contributed by atoms with van der Waals surface area (Å²) in [4.78, 5) is 11.7. The van der Waals surface area contributed by atoms with Crippen LogP contribution in [0.25, 0.3) is 0 Å². The molecule has 0 bridgehead atoms. The van der Waals surface area contributed by atoms with E-state index in [1.54, 1.807) is 24.3 Å². The highest BCUT2D eigenvalue weighted by Crippen LogP contribution is 2.31. The number of halogens is 2. The molecule has 0 atom stereocenters. The van der Waals surface area contributed by atoms with Crippen LogP contribution in [-0.2, 0) is 11.3 Å². The van der Waals surface area contributed by atoms with E-state index < -0.39 is 0 Å². The summed E-state index contributed by atoms with van der Waals surface area (Å²) in [6, 6.07) is 10.9. The van der Waals surface area contributed by atoms with Gasteiger partial charge in [-0.1, -0.05) is 35.3 Å². The summed E-state index contributed by atoms with van der Waals surface area (Å²) in [7, 11) is 0. The quantitative estimate of drug-likeness (QED) is 0.809. The number of hydrazone groups is 1. The first-order chi connectivity index (χ1) is 10.5. The average molecular weight is 334 g/mol. The van der Waals surface area contributed by atoms with Crippen LogP contribution in [0.2, 0.25) is 10.0 Å². The number of hydrogen-bond acceptors (Lipinski definition) is 3. The number of nitrogen functional groups attached to an aromatic ring is 1. The molecule has 2 N–H and O–H groups in total. The number of carbonyl (C=O) groups excluding carboxylic acids is 1. The Hall–Kier alpha value is -2.04. The summed E-state index contributed by atoms with van der Waals surface area (Å²) in [5.41, 5.74) is 9.71. The van der Waals surface area contributed by atoms with E-state index >= 15 is 0 Å².